The molecule has 1 heterocycles. The second-order valence-electron chi connectivity index (χ2n) is 4.82. The topological polar surface area (TPSA) is 62.0 Å². The number of aromatic amines is 1. The number of hydrogen-bond acceptors (Lipinski definition) is 3. The summed E-state index contributed by atoms with van der Waals surface area (Å²) in [6.07, 6.45) is 0. The number of hydrogen-bond donors (Lipinski definition) is 2. The predicted molar refractivity (Wildman–Crippen MR) is 85.5 cm³/mol. The molecule has 110 valence electrons. The van der Waals surface area contributed by atoms with Gasteiger partial charge in [0.2, 0.25) is 5.91 Å². The number of nitrogens with one attached hydrogen (secondary N) is 2. The van der Waals surface area contributed by atoms with Gasteiger partial charge in [-0.25, -0.2) is 0 Å². The molecule has 5 heteroatoms. The van der Waals surface area contributed by atoms with E-state index in [0.717, 1.165) is 16.2 Å². The number of amides is 1. The summed E-state index contributed by atoms with van der Waals surface area (Å²) in [7, 11) is 0. The zero-order valence-corrected chi connectivity index (χ0v) is 12.9. The Morgan fingerprint density at radius 3 is 2.62 bits per heavy atom. The molecule has 0 spiro atoms. The van der Waals surface area contributed by atoms with Crippen LogP contribution in [0.25, 0.3) is 0 Å². The van der Waals surface area contributed by atoms with Crippen LogP contribution in [0.2, 0.25) is 0 Å². The fourth-order valence-corrected chi connectivity index (χ4v) is 2.75. The number of rotatable bonds is 5. The molecule has 1 amide bonds. The molecule has 0 radical (unpaired) electrons. The lowest BCUT2D eigenvalue weighted by Crippen LogP contribution is -2.29. The minimum atomic E-state index is -0.136. The third-order valence-electron chi connectivity index (χ3n) is 3.07. The summed E-state index contributed by atoms with van der Waals surface area (Å²) < 4.78 is 0. The number of thioether (sulfide) groups is 1. The zero-order valence-electron chi connectivity index (χ0n) is 12.1. The van der Waals surface area contributed by atoms with Crippen LogP contribution < -0.4 is 10.9 Å². The highest BCUT2D eigenvalue weighted by Gasteiger charge is 2.08. The van der Waals surface area contributed by atoms with Crippen LogP contribution in [0.15, 0.2) is 46.1 Å². The normalized spacial score (nSPS) is 10.4. The summed E-state index contributed by atoms with van der Waals surface area (Å²) in [4.78, 5) is 27.5. The van der Waals surface area contributed by atoms with Crippen LogP contribution in [0.4, 0.5) is 0 Å². The van der Waals surface area contributed by atoms with Crippen LogP contribution in [0.3, 0.4) is 0 Å². The molecule has 2 aromatic rings. The molecule has 0 unspecified atom stereocenters. The maximum atomic E-state index is 11.8. The van der Waals surface area contributed by atoms with Gasteiger partial charge in [0.25, 0.3) is 5.56 Å². The van der Waals surface area contributed by atoms with E-state index < -0.39 is 0 Å². The van der Waals surface area contributed by atoms with E-state index in [2.05, 4.69) is 10.3 Å². The highest BCUT2D eigenvalue weighted by atomic mass is 32.2. The van der Waals surface area contributed by atoms with E-state index in [0.29, 0.717) is 11.3 Å². The van der Waals surface area contributed by atoms with E-state index in [1.165, 1.54) is 11.8 Å². The minimum Gasteiger partial charge on any atom is -0.351 e. The Kier molecular flexibility index (Phi) is 5.22. The van der Waals surface area contributed by atoms with Gasteiger partial charge in [-0.3, -0.25) is 9.59 Å². The van der Waals surface area contributed by atoms with Crippen LogP contribution in [0.5, 0.6) is 0 Å². The summed E-state index contributed by atoms with van der Waals surface area (Å²) in [5, 5.41) is 2.79. The van der Waals surface area contributed by atoms with Gasteiger partial charge in [0, 0.05) is 22.7 Å². The van der Waals surface area contributed by atoms with Gasteiger partial charge in [0.15, 0.2) is 0 Å². The summed E-state index contributed by atoms with van der Waals surface area (Å²) in [5.41, 5.74) is 2.20. The van der Waals surface area contributed by atoms with E-state index in [1.54, 1.807) is 0 Å². The van der Waals surface area contributed by atoms with Crippen molar-refractivity contribution in [2.45, 2.75) is 25.3 Å². The number of benzene rings is 1. The van der Waals surface area contributed by atoms with Crippen LogP contribution in [0, 0.1) is 13.8 Å². The van der Waals surface area contributed by atoms with Gasteiger partial charge in [-0.05, 0) is 37.6 Å². The van der Waals surface area contributed by atoms with Crippen molar-refractivity contribution in [3.8, 4) is 0 Å². The minimum absolute atomic E-state index is 0.0803. The van der Waals surface area contributed by atoms with Crippen LogP contribution in [0.1, 0.15) is 16.8 Å². The molecule has 21 heavy (non-hydrogen) atoms. The molecule has 0 aliphatic heterocycles. The quantitative estimate of drug-likeness (QED) is 0.834. The largest absolute Gasteiger partial charge is 0.351 e. The van der Waals surface area contributed by atoms with E-state index in [9.17, 15) is 9.59 Å². The molecule has 0 aliphatic rings. The van der Waals surface area contributed by atoms with E-state index in [-0.39, 0.29) is 18.0 Å². The van der Waals surface area contributed by atoms with Gasteiger partial charge in [-0.2, -0.15) is 0 Å². The fourth-order valence-electron chi connectivity index (χ4n) is 2.00. The van der Waals surface area contributed by atoms with E-state index in [4.69, 9.17) is 0 Å². The maximum absolute atomic E-state index is 11.8. The average molecular weight is 302 g/mol. The number of aromatic nitrogens is 1. The Morgan fingerprint density at radius 2 is 1.95 bits per heavy atom. The summed E-state index contributed by atoms with van der Waals surface area (Å²) in [6, 6.07) is 11.7. The second-order valence-corrected chi connectivity index (χ2v) is 5.87. The molecular weight excluding hydrogens is 284 g/mol. The lowest BCUT2D eigenvalue weighted by atomic mass is 10.1. The Balaban J connectivity index is 1.89. The monoisotopic (exact) mass is 302 g/mol. The Hall–Kier alpha value is -2.01. The number of carbonyl (C=O) groups is 1. The third-order valence-corrected chi connectivity index (χ3v) is 4.08. The van der Waals surface area contributed by atoms with Gasteiger partial charge >= 0.3 is 0 Å². The fraction of sp³-hybridized carbons (Fsp3) is 0.250. The Morgan fingerprint density at radius 1 is 1.24 bits per heavy atom. The van der Waals surface area contributed by atoms with Gasteiger partial charge in [-0.1, -0.05) is 18.2 Å². The van der Waals surface area contributed by atoms with Crippen molar-refractivity contribution in [2.75, 3.05) is 5.75 Å². The predicted octanol–water partition coefficient (Wildman–Crippen LogP) is 2.40. The molecular formula is C16H18N2O2S. The maximum Gasteiger partial charge on any atom is 0.253 e. The Labute approximate surface area is 128 Å². The average Bonchev–Trinajstić information content (AvgIpc) is 2.45. The van der Waals surface area contributed by atoms with E-state index >= 15 is 0 Å². The number of pyridine rings is 1. The van der Waals surface area contributed by atoms with Crippen molar-refractivity contribution < 1.29 is 4.79 Å². The first-order chi connectivity index (χ1) is 10.1. The molecule has 2 N–H and O–H groups in total. The molecule has 4 nitrogen and oxygen atoms in total. The van der Waals surface area contributed by atoms with Crippen LogP contribution >= 0.6 is 11.8 Å². The summed E-state index contributed by atoms with van der Waals surface area (Å²) in [5.74, 6) is 0.260. The molecule has 0 atom stereocenters. The smallest absolute Gasteiger partial charge is 0.253 e. The summed E-state index contributed by atoms with van der Waals surface area (Å²) >= 11 is 1.48. The van der Waals surface area contributed by atoms with Gasteiger partial charge in [0.1, 0.15) is 0 Å². The molecule has 2 rings (SSSR count). The standard InChI is InChI=1S/C16H18N2O2S/c1-11-8-12(2)18-16(20)14(11)9-17-15(19)10-21-13-6-4-3-5-7-13/h3-8H,9-10H2,1-2H3,(H,17,19)(H,18,20). The first kappa shape index (κ1) is 15.4. The molecule has 0 bridgehead atoms. The van der Waals surface area contributed by atoms with Crippen molar-refractivity contribution in [1.82, 2.24) is 10.3 Å². The van der Waals surface area contributed by atoms with Crippen LogP contribution in [-0.2, 0) is 11.3 Å². The molecule has 0 saturated carbocycles. The van der Waals surface area contributed by atoms with Gasteiger partial charge in [-0.15, -0.1) is 11.8 Å². The van der Waals surface area contributed by atoms with Crippen molar-refractivity contribution >= 4 is 17.7 Å². The Bertz CT molecular complexity index is 680. The molecule has 0 saturated heterocycles. The van der Waals surface area contributed by atoms with Crippen molar-refractivity contribution in [3.05, 3.63) is 63.6 Å². The van der Waals surface area contributed by atoms with Crippen molar-refractivity contribution in [1.29, 1.82) is 0 Å². The zero-order chi connectivity index (χ0) is 15.2. The molecule has 1 aromatic heterocycles. The first-order valence-electron chi connectivity index (χ1n) is 6.70. The molecule has 0 aliphatic carbocycles. The number of aryl methyl sites for hydroxylation is 2. The SMILES string of the molecule is Cc1cc(C)c(CNC(=O)CSc2ccccc2)c(=O)[nH]1. The lowest BCUT2D eigenvalue weighted by molar-refractivity contribution is -0.118. The molecule has 1 aromatic carbocycles. The van der Waals surface area contributed by atoms with Crippen molar-refractivity contribution in [3.63, 3.8) is 0 Å². The number of H-pyrrole nitrogens is 1. The van der Waals surface area contributed by atoms with Gasteiger partial charge < -0.3 is 10.3 Å². The lowest BCUT2D eigenvalue weighted by Gasteiger charge is -2.08. The van der Waals surface area contributed by atoms with Crippen molar-refractivity contribution in [2.24, 2.45) is 0 Å². The third kappa shape index (κ3) is 4.49. The van der Waals surface area contributed by atoms with E-state index in [1.807, 2.05) is 50.2 Å². The summed E-state index contributed by atoms with van der Waals surface area (Å²) in [6.45, 7) is 3.98. The highest BCUT2D eigenvalue weighted by molar-refractivity contribution is 8.00. The van der Waals surface area contributed by atoms with Gasteiger partial charge in [0.05, 0.1) is 5.75 Å². The molecule has 0 fully saturated rings. The van der Waals surface area contributed by atoms with Crippen LogP contribution in [-0.4, -0.2) is 16.6 Å². The highest BCUT2D eigenvalue weighted by Crippen LogP contribution is 2.16. The second kappa shape index (κ2) is 7.13. The number of carbonyl (C=O) groups excluding carboxylic acids is 1. The first-order valence-corrected chi connectivity index (χ1v) is 7.69.